The van der Waals surface area contributed by atoms with Crippen LogP contribution in [-0.2, 0) is 18.4 Å². The minimum absolute atomic E-state index is 0.120. The number of carbonyl (C=O) groups is 2. The average molecular weight is 474 g/mol. The van der Waals surface area contributed by atoms with Crippen molar-refractivity contribution in [3.8, 4) is 5.75 Å². The molecular weight excluding hydrogens is 450 g/mol. The fourth-order valence-corrected chi connectivity index (χ4v) is 3.88. The van der Waals surface area contributed by atoms with Crippen LogP contribution in [0.2, 0.25) is 5.02 Å². The predicted octanol–water partition coefficient (Wildman–Crippen LogP) is 4.93. The van der Waals surface area contributed by atoms with Crippen LogP contribution in [0.1, 0.15) is 21.5 Å². The van der Waals surface area contributed by atoms with Crippen molar-refractivity contribution in [3.05, 3.63) is 106 Å². The third kappa shape index (κ3) is 5.13. The third-order valence-electron chi connectivity index (χ3n) is 5.45. The van der Waals surface area contributed by atoms with Gasteiger partial charge in [0.15, 0.2) is 0 Å². The van der Waals surface area contributed by atoms with E-state index in [-0.39, 0.29) is 17.8 Å². The van der Waals surface area contributed by atoms with Gasteiger partial charge in [-0.25, -0.2) is 0 Å². The number of nitrogens with zero attached hydrogens (tertiary/aromatic N) is 1. The first-order valence-electron chi connectivity index (χ1n) is 10.7. The van der Waals surface area contributed by atoms with Crippen molar-refractivity contribution in [3.63, 3.8) is 0 Å². The van der Waals surface area contributed by atoms with Gasteiger partial charge >= 0.3 is 0 Å². The lowest BCUT2D eigenvalue weighted by atomic mass is 10.1. The Hall–Kier alpha value is -4.03. The molecule has 1 heterocycles. The molecule has 2 amide bonds. The minimum Gasteiger partial charge on any atom is -0.497 e. The number of aromatic nitrogens is 1. The number of hydrogen-bond acceptors (Lipinski definition) is 3. The molecule has 4 aromatic rings. The standard InChI is InChI=1S/C27H24ClN3O3/c1-31-17-19(21-7-4-6-10-25(21)31)15-24(30-26(32)22-8-3-5-9-23(22)28)27(33)29-16-18-11-13-20(34-2)14-12-18/h3-15,17H,16H2,1-2H3,(H,29,33)(H,30,32). The van der Waals surface area contributed by atoms with E-state index in [0.29, 0.717) is 5.02 Å². The van der Waals surface area contributed by atoms with Gasteiger partial charge in [0, 0.05) is 36.3 Å². The molecule has 0 aliphatic rings. The zero-order chi connectivity index (χ0) is 24.1. The maximum absolute atomic E-state index is 13.2. The quantitative estimate of drug-likeness (QED) is 0.374. The van der Waals surface area contributed by atoms with E-state index in [1.54, 1.807) is 37.5 Å². The van der Waals surface area contributed by atoms with Gasteiger partial charge in [-0.1, -0.05) is 54.1 Å². The second-order valence-corrected chi connectivity index (χ2v) is 8.14. The van der Waals surface area contributed by atoms with Crippen LogP contribution in [0.5, 0.6) is 5.75 Å². The van der Waals surface area contributed by atoms with Crippen LogP contribution in [-0.4, -0.2) is 23.5 Å². The molecule has 0 radical (unpaired) electrons. The van der Waals surface area contributed by atoms with E-state index in [1.165, 1.54) is 0 Å². The number of ether oxygens (including phenoxy) is 1. The highest BCUT2D eigenvalue weighted by Crippen LogP contribution is 2.23. The van der Waals surface area contributed by atoms with E-state index in [4.69, 9.17) is 16.3 Å². The van der Waals surface area contributed by atoms with E-state index in [2.05, 4.69) is 10.6 Å². The molecule has 0 aliphatic carbocycles. The molecule has 172 valence electrons. The van der Waals surface area contributed by atoms with Crippen molar-refractivity contribution in [1.82, 2.24) is 15.2 Å². The lowest BCUT2D eigenvalue weighted by Crippen LogP contribution is -2.34. The fourth-order valence-electron chi connectivity index (χ4n) is 3.66. The van der Waals surface area contributed by atoms with Crippen molar-refractivity contribution < 1.29 is 14.3 Å². The third-order valence-corrected chi connectivity index (χ3v) is 5.78. The summed E-state index contributed by atoms with van der Waals surface area (Å²) in [6, 6.07) is 22.0. The SMILES string of the molecule is COc1ccc(CNC(=O)C(=Cc2cn(C)c3ccccc23)NC(=O)c2ccccc2Cl)cc1. The van der Waals surface area contributed by atoms with Gasteiger partial charge in [-0.3, -0.25) is 9.59 Å². The average Bonchev–Trinajstić information content (AvgIpc) is 3.18. The first-order chi connectivity index (χ1) is 16.5. The highest BCUT2D eigenvalue weighted by Gasteiger charge is 2.17. The minimum atomic E-state index is -0.461. The maximum atomic E-state index is 13.2. The number of carbonyl (C=O) groups excluding carboxylic acids is 2. The van der Waals surface area contributed by atoms with Gasteiger partial charge in [-0.15, -0.1) is 0 Å². The van der Waals surface area contributed by atoms with Gasteiger partial charge in [0.05, 0.1) is 17.7 Å². The molecule has 34 heavy (non-hydrogen) atoms. The normalized spacial score (nSPS) is 11.3. The number of para-hydroxylation sites is 1. The second-order valence-electron chi connectivity index (χ2n) is 7.74. The fraction of sp³-hybridized carbons (Fsp3) is 0.111. The predicted molar refractivity (Wildman–Crippen MR) is 135 cm³/mol. The van der Waals surface area contributed by atoms with Gasteiger partial charge < -0.3 is 19.9 Å². The number of fused-ring (bicyclic) bond motifs is 1. The highest BCUT2D eigenvalue weighted by atomic mass is 35.5. The smallest absolute Gasteiger partial charge is 0.268 e. The number of benzene rings is 3. The number of halogens is 1. The van der Waals surface area contributed by atoms with E-state index in [0.717, 1.165) is 27.8 Å². The van der Waals surface area contributed by atoms with E-state index >= 15 is 0 Å². The Labute approximate surface area is 202 Å². The Balaban J connectivity index is 1.63. The summed E-state index contributed by atoms with van der Waals surface area (Å²) in [7, 11) is 3.54. The number of methoxy groups -OCH3 is 1. The highest BCUT2D eigenvalue weighted by molar-refractivity contribution is 6.34. The van der Waals surface area contributed by atoms with Crippen LogP contribution in [0.3, 0.4) is 0 Å². The molecule has 4 rings (SSSR count). The molecule has 0 atom stereocenters. The van der Waals surface area contributed by atoms with Gasteiger partial charge in [-0.05, 0) is 42.0 Å². The Morgan fingerprint density at radius 2 is 1.71 bits per heavy atom. The van der Waals surface area contributed by atoms with Crippen LogP contribution in [0.25, 0.3) is 17.0 Å². The molecule has 6 nitrogen and oxygen atoms in total. The molecule has 3 aromatic carbocycles. The molecule has 0 aliphatic heterocycles. The summed E-state index contributed by atoms with van der Waals surface area (Å²) < 4.78 is 7.15. The van der Waals surface area contributed by atoms with Crippen LogP contribution >= 0.6 is 11.6 Å². The van der Waals surface area contributed by atoms with Crippen molar-refractivity contribution in [2.75, 3.05) is 7.11 Å². The molecule has 0 fully saturated rings. The zero-order valence-corrected chi connectivity index (χ0v) is 19.6. The number of amides is 2. The Bertz CT molecular complexity index is 1370. The van der Waals surface area contributed by atoms with E-state index < -0.39 is 11.8 Å². The van der Waals surface area contributed by atoms with Gasteiger partial charge in [0.25, 0.3) is 11.8 Å². The maximum Gasteiger partial charge on any atom is 0.268 e. The van der Waals surface area contributed by atoms with Gasteiger partial charge in [0.2, 0.25) is 0 Å². The van der Waals surface area contributed by atoms with Crippen LogP contribution in [0.15, 0.2) is 84.7 Å². The first kappa shape index (κ1) is 23.1. The molecule has 0 saturated carbocycles. The number of rotatable bonds is 7. The molecule has 2 N–H and O–H groups in total. The first-order valence-corrected chi connectivity index (χ1v) is 11.1. The molecule has 0 unspecified atom stereocenters. The summed E-state index contributed by atoms with van der Waals surface area (Å²) in [5, 5.41) is 6.91. The largest absolute Gasteiger partial charge is 0.497 e. The molecule has 0 spiro atoms. The molecular formula is C27H24ClN3O3. The number of aryl methyl sites for hydroxylation is 1. The van der Waals surface area contributed by atoms with Gasteiger partial charge in [-0.2, -0.15) is 0 Å². The summed E-state index contributed by atoms with van der Waals surface area (Å²) in [5.74, 6) is -0.139. The van der Waals surface area contributed by atoms with Crippen molar-refractivity contribution >= 4 is 40.4 Å². The summed E-state index contributed by atoms with van der Waals surface area (Å²) in [4.78, 5) is 26.1. The Kier molecular flexibility index (Phi) is 6.99. The van der Waals surface area contributed by atoms with Crippen molar-refractivity contribution in [2.24, 2.45) is 7.05 Å². The van der Waals surface area contributed by atoms with Gasteiger partial charge in [0.1, 0.15) is 11.4 Å². The second kappa shape index (κ2) is 10.3. The zero-order valence-electron chi connectivity index (χ0n) is 18.8. The number of nitrogens with one attached hydrogen (secondary N) is 2. The van der Waals surface area contributed by atoms with Crippen LogP contribution < -0.4 is 15.4 Å². The summed E-state index contributed by atoms with van der Waals surface area (Å²) in [6.45, 7) is 0.289. The van der Waals surface area contributed by atoms with Crippen molar-refractivity contribution in [2.45, 2.75) is 6.54 Å². The van der Waals surface area contributed by atoms with Crippen molar-refractivity contribution in [1.29, 1.82) is 0 Å². The van der Waals surface area contributed by atoms with Crippen LogP contribution in [0.4, 0.5) is 0 Å². The Morgan fingerprint density at radius 3 is 2.44 bits per heavy atom. The van der Waals surface area contributed by atoms with Crippen LogP contribution in [0, 0.1) is 0 Å². The van der Waals surface area contributed by atoms with E-state index in [1.807, 2.05) is 66.3 Å². The molecule has 0 saturated heterocycles. The molecule has 1 aromatic heterocycles. The summed E-state index contributed by atoms with van der Waals surface area (Å²) in [5.41, 5.74) is 3.14. The van der Waals surface area contributed by atoms with E-state index in [9.17, 15) is 9.59 Å². The number of hydrogen-bond donors (Lipinski definition) is 2. The summed E-state index contributed by atoms with van der Waals surface area (Å²) >= 11 is 6.20. The summed E-state index contributed by atoms with van der Waals surface area (Å²) in [6.07, 6.45) is 3.60. The lowest BCUT2D eigenvalue weighted by Gasteiger charge is -2.12. The molecule has 0 bridgehead atoms. The topological polar surface area (TPSA) is 72.4 Å². The monoisotopic (exact) mass is 473 g/mol. The lowest BCUT2D eigenvalue weighted by molar-refractivity contribution is -0.117. The Morgan fingerprint density at radius 1 is 1.00 bits per heavy atom. The molecule has 7 heteroatoms.